The lowest BCUT2D eigenvalue weighted by atomic mass is 10.0. The van der Waals surface area contributed by atoms with E-state index in [0.29, 0.717) is 10.5 Å². The van der Waals surface area contributed by atoms with Crippen LogP contribution in [0.25, 0.3) is 0 Å². The van der Waals surface area contributed by atoms with Gasteiger partial charge in [-0.2, -0.15) is 30.7 Å². The Morgan fingerprint density at radius 3 is 2.22 bits per heavy atom. The number of imide groups is 1. The summed E-state index contributed by atoms with van der Waals surface area (Å²) in [6.07, 6.45) is -11.0. The Morgan fingerprint density at radius 2 is 1.67 bits per heavy atom. The van der Waals surface area contributed by atoms with Crippen LogP contribution in [0.1, 0.15) is 18.4 Å². The van der Waals surface area contributed by atoms with Crippen LogP contribution >= 0.6 is 0 Å². The van der Waals surface area contributed by atoms with Crippen molar-refractivity contribution in [3.05, 3.63) is 35.9 Å². The van der Waals surface area contributed by atoms with Crippen molar-refractivity contribution >= 4 is 12.0 Å². The fourth-order valence-corrected chi connectivity index (χ4v) is 2.55. The van der Waals surface area contributed by atoms with Gasteiger partial charge in [-0.1, -0.05) is 30.3 Å². The second kappa shape index (κ2) is 7.35. The first kappa shape index (κ1) is 21.0. The maximum Gasteiger partial charge on any atom is 0.459 e. The molecule has 1 aromatic carbocycles. The molecule has 2 rings (SSSR count). The second-order valence-corrected chi connectivity index (χ2v) is 5.96. The van der Waals surface area contributed by atoms with Crippen molar-refractivity contribution in [3.63, 3.8) is 0 Å². The molecule has 4 nitrogen and oxygen atoms in total. The number of carbonyl (C=O) groups is 2. The fraction of sp³-hybridized carbons (Fsp3) is 0.500. The van der Waals surface area contributed by atoms with Crippen molar-refractivity contribution < 1.29 is 45.1 Å². The molecule has 0 N–H and O–H groups in total. The highest BCUT2D eigenvalue weighted by Crippen LogP contribution is 2.48. The molecule has 1 aliphatic rings. The van der Waals surface area contributed by atoms with Crippen LogP contribution in [-0.4, -0.2) is 47.6 Å². The van der Waals surface area contributed by atoms with Crippen LogP contribution in [0.5, 0.6) is 0 Å². The summed E-state index contributed by atoms with van der Waals surface area (Å²) in [5.74, 6) is -13.1. The number of alkyl halides is 7. The minimum atomic E-state index is -6.47. The van der Waals surface area contributed by atoms with Crippen LogP contribution in [0.4, 0.5) is 35.5 Å². The third-order valence-electron chi connectivity index (χ3n) is 4.01. The van der Waals surface area contributed by atoms with Gasteiger partial charge in [-0.25, -0.2) is 9.69 Å². The first-order valence-corrected chi connectivity index (χ1v) is 7.72. The predicted molar refractivity (Wildman–Crippen MR) is 77.3 cm³/mol. The number of carbonyl (C=O) groups excluding carboxylic acids is 2. The SMILES string of the molecule is O=C(CCC(F)(F)C(F)(F)C(F)(F)F)N1C(=O)OC[C@@H]1Cc1ccccc1. The molecule has 0 aliphatic carbocycles. The maximum absolute atomic E-state index is 13.3. The smallest absolute Gasteiger partial charge is 0.447 e. The number of benzene rings is 1. The van der Waals surface area contributed by atoms with Gasteiger partial charge in [0, 0.05) is 12.8 Å². The molecule has 1 aromatic rings. The van der Waals surface area contributed by atoms with Gasteiger partial charge in [-0.3, -0.25) is 4.79 Å². The van der Waals surface area contributed by atoms with Crippen LogP contribution in [0.3, 0.4) is 0 Å². The Kier molecular flexibility index (Phi) is 5.71. The Morgan fingerprint density at radius 1 is 1.07 bits per heavy atom. The molecule has 0 unspecified atom stereocenters. The summed E-state index contributed by atoms with van der Waals surface area (Å²) in [6, 6.07) is 7.54. The highest BCUT2D eigenvalue weighted by Gasteiger charge is 2.72. The van der Waals surface area contributed by atoms with Gasteiger partial charge in [0.1, 0.15) is 6.61 Å². The molecule has 0 aromatic heterocycles. The van der Waals surface area contributed by atoms with E-state index in [9.17, 15) is 40.3 Å². The zero-order valence-electron chi connectivity index (χ0n) is 13.6. The van der Waals surface area contributed by atoms with Crippen LogP contribution in [0.15, 0.2) is 30.3 Å². The van der Waals surface area contributed by atoms with Crippen molar-refractivity contribution in [2.75, 3.05) is 6.61 Å². The van der Waals surface area contributed by atoms with Crippen molar-refractivity contribution in [2.24, 2.45) is 0 Å². The molecule has 150 valence electrons. The molecule has 1 atom stereocenters. The van der Waals surface area contributed by atoms with Gasteiger partial charge < -0.3 is 4.74 Å². The quantitative estimate of drug-likeness (QED) is 0.672. The highest BCUT2D eigenvalue weighted by molar-refractivity contribution is 5.93. The van der Waals surface area contributed by atoms with Gasteiger partial charge in [0.25, 0.3) is 0 Å². The minimum absolute atomic E-state index is 0.118. The molecule has 1 aliphatic heterocycles. The van der Waals surface area contributed by atoms with E-state index in [1.165, 1.54) is 0 Å². The molecule has 0 spiro atoms. The van der Waals surface area contributed by atoms with E-state index in [2.05, 4.69) is 4.74 Å². The van der Waals surface area contributed by atoms with Gasteiger partial charge in [0.2, 0.25) is 5.91 Å². The molecule has 1 fully saturated rings. The number of hydrogen-bond donors (Lipinski definition) is 0. The molecule has 1 saturated heterocycles. The highest BCUT2D eigenvalue weighted by atomic mass is 19.4. The number of ether oxygens (including phenoxy) is 1. The Hall–Kier alpha value is -2.33. The summed E-state index contributed by atoms with van der Waals surface area (Å²) < 4.78 is 93.5. The number of cyclic esters (lactones) is 1. The second-order valence-electron chi connectivity index (χ2n) is 5.96. The number of hydrogen-bond acceptors (Lipinski definition) is 3. The number of halogens is 7. The molecule has 0 radical (unpaired) electrons. The maximum atomic E-state index is 13.3. The molecule has 11 heteroatoms. The summed E-state index contributed by atoms with van der Waals surface area (Å²) in [6.45, 7) is -0.241. The lowest BCUT2D eigenvalue weighted by Gasteiger charge is -2.28. The van der Waals surface area contributed by atoms with Crippen LogP contribution < -0.4 is 0 Å². The molecule has 0 saturated carbocycles. The van der Waals surface area contributed by atoms with Crippen LogP contribution in [0, 0.1) is 0 Å². The van der Waals surface area contributed by atoms with E-state index in [1.807, 2.05) is 0 Å². The van der Waals surface area contributed by atoms with Gasteiger partial charge in [-0.05, 0) is 12.0 Å². The zero-order chi connectivity index (χ0) is 20.5. The molecule has 0 bridgehead atoms. The molecule has 1 heterocycles. The first-order chi connectivity index (χ1) is 12.4. The van der Waals surface area contributed by atoms with Crippen molar-refractivity contribution in [2.45, 2.75) is 43.3 Å². The van der Waals surface area contributed by atoms with Gasteiger partial charge in [0.15, 0.2) is 0 Å². The average molecular weight is 401 g/mol. The van der Waals surface area contributed by atoms with E-state index in [4.69, 9.17) is 0 Å². The Labute approximate surface area is 148 Å². The van der Waals surface area contributed by atoms with E-state index in [1.54, 1.807) is 30.3 Å². The summed E-state index contributed by atoms with van der Waals surface area (Å²) in [5, 5.41) is 0. The van der Waals surface area contributed by atoms with Gasteiger partial charge >= 0.3 is 24.1 Å². The molecular weight excluding hydrogens is 387 g/mol. The number of rotatable bonds is 6. The van der Waals surface area contributed by atoms with Gasteiger partial charge in [0.05, 0.1) is 6.04 Å². The van der Waals surface area contributed by atoms with Crippen molar-refractivity contribution in [1.82, 2.24) is 4.90 Å². The third kappa shape index (κ3) is 4.33. The average Bonchev–Trinajstić information content (AvgIpc) is 2.93. The summed E-state index contributed by atoms with van der Waals surface area (Å²) in [5.41, 5.74) is 0.688. The topological polar surface area (TPSA) is 46.6 Å². The lowest BCUT2D eigenvalue weighted by molar-refractivity contribution is -0.355. The first-order valence-electron chi connectivity index (χ1n) is 7.72. The van der Waals surface area contributed by atoms with E-state index in [-0.39, 0.29) is 13.0 Å². The molecular formula is C16H14F7NO3. The Bertz CT molecular complexity index is 691. The van der Waals surface area contributed by atoms with Crippen LogP contribution in [-0.2, 0) is 16.0 Å². The minimum Gasteiger partial charge on any atom is -0.447 e. The molecule has 2 amide bonds. The van der Waals surface area contributed by atoms with E-state index < -0.39 is 48.9 Å². The van der Waals surface area contributed by atoms with Crippen molar-refractivity contribution in [3.8, 4) is 0 Å². The zero-order valence-corrected chi connectivity index (χ0v) is 13.6. The Balaban J connectivity index is 2.06. The largest absolute Gasteiger partial charge is 0.459 e. The standard InChI is InChI=1S/C16H14F7NO3/c17-14(18,15(19,20)16(21,22)23)7-6-12(25)24-11(9-27-13(24)26)8-10-4-2-1-3-5-10/h1-5,11H,6-9H2/t11-/m0/s1. The lowest BCUT2D eigenvalue weighted by Crippen LogP contribution is -2.52. The third-order valence-corrected chi connectivity index (χ3v) is 4.01. The van der Waals surface area contributed by atoms with Gasteiger partial charge in [-0.15, -0.1) is 0 Å². The number of nitrogens with zero attached hydrogens (tertiary/aromatic N) is 1. The summed E-state index contributed by atoms with van der Waals surface area (Å²) in [7, 11) is 0. The number of amides is 2. The summed E-state index contributed by atoms with van der Waals surface area (Å²) in [4.78, 5) is 24.2. The normalized spacial score (nSPS) is 18.6. The predicted octanol–water partition coefficient (Wildman–Crippen LogP) is 4.19. The van der Waals surface area contributed by atoms with E-state index in [0.717, 1.165) is 0 Å². The van der Waals surface area contributed by atoms with Crippen molar-refractivity contribution in [1.29, 1.82) is 0 Å². The fourth-order valence-electron chi connectivity index (χ4n) is 2.55. The monoisotopic (exact) mass is 401 g/mol. The van der Waals surface area contributed by atoms with Crippen LogP contribution in [0.2, 0.25) is 0 Å². The summed E-state index contributed by atoms with van der Waals surface area (Å²) >= 11 is 0. The van der Waals surface area contributed by atoms with E-state index >= 15 is 0 Å². The molecule has 27 heavy (non-hydrogen) atoms.